The van der Waals surface area contributed by atoms with Crippen LogP contribution in [-0.4, -0.2) is 19.4 Å². The third kappa shape index (κ3) is 3.01. The Morgan fingerprint density at radius 3 is 2.45 bits per heavy atom. The number of rotatable bonds is 4. The predicted molar refractivity (Wildman–Crippen MR) is 75.2 cm³/mol. The molecule has 0 radical (unpaired) electrons. The summed E-state index contributed by atoms with van der Waals surface area (Å²) >= 11 is 0. The van der Waals surface area contributed by atoms with Crippen LogP contribution in [0.1, 0.15) is 15.9 Å². The lowest BCUT2D eigenvalue weighted by Gasteiger charge is -2.18. The van der Waals surface area contributed by atoms with E-state index >= 15 is 0 Å². The first-order chi connectivity index (χ1) is 9.61. The molecule has 3 nitrogen and oxygen atoms in total. The van der Waals surface area contributed by atoms with Crippen LogP contribution in [0, 0.1) is 17.1 Å². The second-order valence-corrected chi connectivity index (χ2v) is 4.42. The molecule has 0 aliphatic heterocycles. The molecule has 4 heteroatoms. The van der Waals surface area contributed by atoms with Crippen LogP contribution in [0.5, 0.6) is 0 Å². The van der Waals surface area contributed by atoms with Crippen LogP contribution < -0.4 is 4.90 Å². The maximum atomic E-state index is 13.5. The van der Waals surface area contributed by atoms with Crippen molar-refractivity contribution in [3.8, 4) is 6.07 Å². The zero-order valence-corrected chi connectivity index (χ0v) is 11.0. The Morgan fingerprint density at radius 2 is 1.85 bits per heavy atom. The van der Waals surface area contributed by atoms with Gasteiger partial charge in [-0.1, -0.05) is 12.1 Å². The van der Waals surface area contributed by atoms with Crippen molar-refractivity contribution in [3.63, 3.8) is 0 Å². The molecule has 0 aliphatic rings. The fourth-order valence-electron chi connectivity index (χ4n) is 1.87. The second-order valence-electron chi connectivity index (χ2n) is 4.42. The minimum atomic E-state index is -0.509. The molecule has 0 bridgehead atoms. The fraction of sp³-hybridized carbons (Fsp3) is 0.125. The van der Waals surface area contributed by atoms with Crippen LogP contribution in [0.25, 0.3) is 0 Å². The van der Waals surface area contributed by atoms with Crippen molar-refractivity contribution in [1.82, 2.24) is 0 Å². The minimum Gasteiger partial charge on any atom is -0.367 e. The number of ketones is 1. The van der Waals surface area contributed by atoms with Gasteiger partial charge in [-0.15, -0.1) is 0 Å². The van der Waals surface area contributed by atoms with E-state index in [0.29, 0.717) is 5.56 Å². The number of hydrogen-bond acceptors (Lipinski definition) is 3. The molecule has 0 fully saturated rings. The lowest BCUT2D eigenvalue weighted by molar-refractivity contribution is 0.0996. The van der Waals surface area contributed by atoms with Gasteiger partial charge in [0.25, 0.3) is 0 Å². The van der Waals surface area contributed by atoms with Gasteiger partial charge in [-0.05, 0) is 36.4 Å². The summed E-state index contributed by atoms with van der Waals surface area (Å²) in [6, 6.07) is 14.8. The number of halogens is 1. The summed E-state index contributed by atoms with van der Waals surface area (Å²) < 4.78 is 13.5. The van der Waals surface area contributed by atoms with Crippen LogP contribution in [0.2, 0.25) is 0 Å². The number of carbonyl (C=O) groups excluding carboxylic acids is 1. The van der Waals surface area contributed by atoms with E-state index in [1.807, 2.05) is 6.07 Å². The average molecular weight is 268 g/mol. The number of benzene rings is 2. The fourth-order valence-corrected chi connectivity index (χ4v) is 1.87. The van der Waals surface area contributed by atoms with Crippen LogP contribution in [0.3, 0.4) is 0 Å². The van der Waals surface area contributed by atoms with E-state index in [2.05, 4.69) is 0 Å². The number of Topliss-reactive ketones (excluding diaryl/α,β-unsaturated/α-hetero) is 1. The van der Waals surface area contributed by atoms with E-state index in [-0.39, 0.29) is 17.9 Å². The zero-order chi connectivity index (χ0) is 14.5. The Labute approximate surface area is 116 Å². The summed E-state index contributed by atoms with van der Waals surface area (Å²) in [5.74, 6) is -0.791. The molecule has 0 spiro atoms. The summed E-state index contributed by atoms with van der Waals surface area (Å²) in [5.41, 5.74) is 1.45. The zero-order valence-electron chi connectivity index (χ0n) is 11.0. The topological polar surface area (TPSA) is 44.1 Å². The summed E-state index contributed by atoms with van der Waals surface area (Å²) in [6.07, 6.45) is 0. The van der Waals surface area contributed by atoms with Crippen molar-refractivity contribution in [1.29, 1.82) is 5.26 Å². The second kappa shape index (κ2) is 5.98. The van der Waals surface area contributed by atoms with Crippen LogP contribution in [0.15, 0.2) is 48.5 Å². The summed E-state index contributed by atoms with van der Waals surface area (Å²) in [4.78, 5) is 13.8. The lowest BCUT2D eigenvalue weighted by Crippen LogP contribution is -2.26. The van der Waals surface area contributed by atoms with Crippen molar-refractivity contribution in [2.45, 2.75) is 0 Å². The number of likely N-dealkylation sites (N-methyl/N-ethyl adjacent to an activating group) is 1. The first-order valence-corrected chi connectivity index (χ1v) is 6.11. The van der Waals surface area contributed by atoms with Gasteiger partial charge >= 0.3 is 0 Å². The molecule has 0 unspecified atom stereocenters. The predicted octanol–water partition coefficient (Wildman–Crippen LogP) is 3.02. The third-order valence-corrected chi connectivity index (χ3v) is 2.99. The lowest BCUT2D eigenvalue weighted by atomic mass is 10.1. The molecule has 2 aromatic carbocycles. The molecule has 2 rings (SSSR count). The number of carbonyl (C=O) groups is 1. The van der Waals surface area contributed by atoms with Gasteiger partial charge in [-0.25, -0.2) is 4.39 Å². The quantitative estimate of drug-likeness (QED) is 0.801. The van der Waals surface area contributed by atoms with Crippen molar-refractivity contribution >= 4 is 11.5 Å². The largest absolute Gasteiger partial charge is 0.367 e. The SMILES string of the molecule is CN(CC(=O)c1ccccc1F)c1ccc(C#N)cc1. The first-order valence-electron chi connectivity index (χ1n) is 6.11. The highest BCUT2D eigenvalue weighted by atomic mass is 19.1. The number of anilines is 1. The van der Waals surface area contributed by atoms with E-state index in [0.717, 1.165) is 5.69 Å². The highest BCUT2D eigenvalue weighted by Gasteiger charge is 2.13. The van der Waals surface area contributed by atoms with Crippen molar-refractivity contribution in [2.24, 2.45) is 0 Å². The summed E-state index contributed by atoms with van der Waals surface area (Å²) in [7, 11) is 1.75. The van der Waals surface area contributed by atoms with Gasteiger partial charge in [0.05, 0.1) is 23.7 Å². The molecule has 20 heavy (non-hydrogen) atoms. The molecule has 0 heterocycles. The molecular formula is C16H13FN2O. The Hall–Kier alpha value is -2.67. The van der Waals surface area contributed by atoms with Crippen LogP contribution in [0.4, 0.5) is 10.1 Å². The number of nitriles is 1. The van der Waals surface area contributed by atoms with Gasteiger partial charge in [-0.2, -0.15) is 5.26 Å². The number of nitrogens with zero attached hydrogens (tertiary/aromatic N) is 2. The smallest absolute Gasteiger partial charge is 0.185 e. The molecule has 0 N–H and O–H groups in total. The van der Waals surface area contributed by atoms with Crippen molar-refractivity contribution in [3.05, 3.63) is 65.5 Å². The molecule has 0 atom stereocenters. The third-order valence-electron chi connectivity index (χ3n) is 2.99. The molecule has 0 saturated heterocycles. The van der Waals surface area contributed by atoms with E-state index in [4.69, 9.17) is 5.26 Å². The highest BCUT2D eigenvalue weighted by molar-refractivity contribution is 5.99. The van der Waals surface area contributed by atoms with E-state index < -0.39 is 5.82 Å². The molecule has 0 aliphatic carbocycles. The van der Waals surface area contributed by atoms with Crippen LogP contribution in [-0.2, 0) is 0 Å². The standard InChI is InChI=1S/C16H13FN2O/c1-19(13-8-6-12(10-18)7-9-13)11-16(20)14-4-2-3-5-15(14)17/h2-9H,11H2,1H3. The Balaban J connectivity index is 2.11. The van der Waals surface area contributed by atoms with Crippen molar-refractivity contribution < 1.29 is 9.18 Å². The molecule has 0 aromatic heterocycles. The summed E-state index contributed by atoms with van der Waals surface area (Å²) in [6.45, 7) is 0.0762. The molecule has 2 aromatic rings. The highest BCUT2D eigenvalue weighted by Crippen LogP contribution is 2.15. The molecule has 0 saturated carbocycles. The maximum absolute atomic E-state index is 13.5. The van der Waals surface area contributed by atoms with Gasteiger partial charge in [0.1, 0.15) is 5.82 Å². The van der Waals surface area contributed by atoms with E-state index in [9.17, 15) is 9.18 Å². The average Bonchev–Trinajstić information content (AvgIpc) is 2.47. The minimum absolute atomic E-state index is 0.0762. The van der Waals surface area contributed by atoms with Gasteiger partial charge in [0.15, 0.2) is 5.78 Å². The Morgan fingerprint density at radius 1 is 1.20 bits per heavy atom. The van der Waals surface area contributed by atoms with Gasteiger partial charge in [-0.3, -0.25) is 4.79 Å². The van der Waals surface area contributed by atoms with Gasteiger partial charge < -0.3 is 4.90 Å². The van der Waals surface area contributed by atoms with E-state index in [1.54, 1.807) is 48.3 Å². The normalized spacial score (nSPS) is 9.85. The molecule has 0 amide bonds. The van der Waals surface area contributed by atoms with E-state index in [1.165, 1.54) is 12.1 Å². The summed E-state index contributed by atoms with van der Waals surface area (Å²) in [5, 5.41) is 8.73. The van der Waals surface area contributed by atoms with Crippen molar-refractivity contribution in [2.75, 3.05) is 18.5 Å². The first kappa shape index (κ1) is 13.8. The van der Waals surface area contributed by atoms with Gasteiger partial charge in [0.2, 0.25) is 0 Å². The Bertz CT molecular complexity index is 659. The Kier molecular flexibility index (Phi) is 4.11. The molecular weight excluding hydrogens is 255 g/mol. The maximum Gasteiger partial charge on any atom is 0.185 e. The van der Waals surface area contributed by atoms with Gasteiger partial charge in [0, 0.05) is 12.7 Å². The molecule has 100 valence electrons. The van der Waals surface area contributed by atoms with Crippen LogP contribution >= 0.6 is 0 Å². The number of hydrogen-bond donors (Lipinski definition) is 0. The monoisotopic (exact) mass is 268 g/mol.